The van der Waals surface area contributed by atoms with Gasteiger partial charge in [-0.1, -0.05) is 0 Å². The Morgan fingerprint density at radius 1 is 1.26 bits per heavy atom. The molecule has 0 fully saturated rings. The van der Waals surface area contributed by atoms with Gasteiger partial charge in [0.05, 0.1) is 4.47 Å². The molecule has 1 heterocycles. The molecular weight excluding hydrogens is 311 g/mol. The van der Waals surface area contributed by atoms with Crippen LogP contribution in [0.2, 0.25) is 0 Å². The molecule has 0 saturated heterocycles. The molecule has 0 bridgehead atoms. The minimum absolute atomic E-state index is 0.293. The molecule has 4 nitrogen and oxygen atoms in total. The zero-order valence-corrected chi connectivity index (χ0v) is 12.3. The van der Waals surface area contributed by atoms with Gasteiger partial charge in [-0.25, -0.2) is 14.4 Å². The van der Waals surface area contributed by atoms with Crippen molar-refractivity contribution in [2.24, 2.45) is 0 Å². The summed E-state index contributed by atoms with van der Waals surface area (Å²) in [6, 6.07) is 4.73. The van der Waals surface area contributed by atoms with Crippen molar-refractivity contribution in [3.8, 4) is 0 Å². The lowest BCUT2D eigenvalue weighted by molar-refractivity contribution is 0.621. The highest BCUT2D eigenvalue weighted by molar-refractivity contribution is 9.10. The summed E-state index contributed by atoms with van der Waals surface area (Å²) >= 11 is 3.16. The molecule has 0 aliphatic heterocycles. The number of benzene rings is 1. The first-order valence-electron chi connectivity index (χ1n) is 5.89. The Kier molecular flexibility index (Phi) is 4.31. The van der Waals surface area contributed by atoms with Gasteiger partial charge in [-0.15, -0.1) is 0 Å². The standard InChI is InChI=1S/C13H14BrFN4/c1-3-16-12-8(2)13(18-7-17-12)19-9-4-5-11(15)10(14)6-9/h4-7H,3H2,1-2H3,(H2,16,17,18,19). The van der Waals surface area contributed by atoms with Crippen molar-refractivity contribution in [1.82, 2.24) is 9.97 Å². The maximum Gasteiger partial charge on any atom is 0.138 e. The SMILES string of the molecule is CCNc1ncnc(Nc2ccc(F)c(Br)c2)c1C. The molecule has 100 valence electrons. The van der Waals surface area contributed by atoms with Gasteiger partial charge in [0.1, 0.15) is 23.8 Å². The van der Waals surface area contributed by atoms with E-state index >= 15 is 0 Å². The number of aromatic nitrogens is 2. The van der Waals surface area contributed by atoms with Gasteiger partial charge in [-0.3, -0.25) is 0 Å². The van der Waals surface area contributed by atoms with Crippen LogP contribution in [-0.2, 0) is 0 Å². The van der Waals surface area contributed by atoms with Gasteiger partial charge in [0.15, 0.2) is 0 Å². The molecule has 0 atom stereocenters. The summed E-state index contributed by atoms with van der Waals surface area (Å²) in [4.78, 5) is 8.37. The fraction of sp³-hybridized carbons (Fsp3) is 0.231. The van der Waals surface area contributed by atoms with Crippen LogP contribution in [0.5, 0.6) is 0 Å². The smallest absolute Gasteiger partial charge is 0.138 e. The first-order chi connectivity index (χ1) is 9.11. The highest BCUT2D eigenvalue weighted by Gasteiger charge is 2.07. The molecule has 0 aliphatic carbocycles. The minimum atomic E-state index is -0.293. The molecule has 1 aromatic carbocycles. The molecule has 0 unspecified atom stereocenters. The Morgan fingerprint density at radius 2 is 2.00 bits per heavy atom. The first kappa shape index (κ1) is 13.7. The largest absolute Gasteiger partial charge is 0.370 e. The fourth-order valence-corrected chi connectivity index (χ4v) is 2.01. The molecule has 19 heavy (non-hydrogen) atoms. The van der Waals surface area contributed by atoms with Gasteiger partial charge in [-0.05, 0) is 48.0 Å². The number of anilines is 3. The molecule has 2 N–H and O–H groups in total. The second-order valence-corrected chi connectivity index (χ2v) is 4.83. The normalized spacial score (nSPS) is 10.3. The number of rotatable bonds is 4. The Labute approximate surface area is 119 Å². The van der Waals surface area contributed by atoms with Gasteiger partial charge in [0, 0.05) is 17.8 Å². The third-order valence-electron chi connectivity index (χ3n) is 2.61. The van der Waals surface area contributed by atoms with Crippen LogP contribution in [0.4, 0.5) is 21.7 Å². The van der Waals surface area contributed by atoms with Gasteiger partial charge >= 0.3 is 0 Å². The lowest BCUT2D eigenvalue weighted by Gasteiger charge is -2.12. The average Bonchev–Trinajstić information content (AvgIpc) is 2.39. The van der Waals surface area contributed by atoms with Crippen molar-refractivity contribution < 1.29 is 4.39 Å². The predicted octanol–water partition coefficient (Wildman–Crippen LogP) is 3.86. The van der Waals surface area contributed by atoms with E-state index in [9.17, 15) is 4.39 Å². The Balaban J connectivity index is 2.27. The molecule has 2 aromatic rings. The number of nitrogens with one attached hydrogen (secondary N) is 2. The van der Waals surface area contributed by atoms with E-state index in [0.717, 1.165) is 23.6 Å². The van der Waals surface area contributed by atoms with Crippen LogP contribution in [0.25, 0.3) is 0 Å². The molecule has 0 saturated carbocycles. The number of hydrogen-bond acceptors (Lipinski definition) is 4. The van der Waals surface area contributed by atoms with Crippen LogP contribution in [0.3, 0.4) is 0 Å². The molecule has 0 spiro atoms. The second kappa shape index (κ2) is 5.97. The van der Waals surface area contributed by atoms with Crippen LogP contribution in [0.1, 0.15) is 12.5 Å². The summed E-state index contributed by atoms with van der Waals surface area (Å²) in [6.45, 7) is 4.73. The van der Waals surface area contributed by atoms with Gasteiger partial charge in [-0.2, -0.15) is 0 Å². The van der Waals surface area contributed by atoms with E-state index in [1.54, 1.807) is 12.1 Å². The maximum absolute atomic E-state index is 13.2. The van der Waals surface area contributed by atoms with Gasteiger partial charge < -0.3 is 10.6 Å². The first-order valence-corrected chi connectivity index (χ1v) is 6.68. The van der Waals surface area contributed by atoms with Crippen molar-refractivity contribution >= 4 is 33.3 Å². The van der Waals surface area contributed by atoms with Crippen LogP contribution in [0.15, 0.2) is 29.0 Å². The number of halogens is 2. The monoisotopic (exact) mass is 324 g/mol. The quantitative estimate of drug-likeness (QED) is 0.896. The van der Waals surface area contributed by atoms with E-state index in [0.29, 0.717) is 10.3 Å². The van der Waals surface area contributed by atoms with Crippen LogP contribution in [0, 0.1) is 12.7 Å². The summed E-state index contributed by atoms with van der Waals surface area (Å²) in [6.07, 6.45) is 1.49. The highest BCUT2D eigenvalue weighted by atomic mass is 79.9. The van der Waals surface area contributed by atoms with E-state index in [2.05, 4.69) is 36.5 Å². The fourth-order valence-electron chi connectivity index (χ4n) is 1.63. The summed E-state index contributed by atoms with van der Waals surface area (Å²) in [5, 5.41) is 6.31. The third-order valence-corrected chi connectivity index (χ3v) is 3.22. The summed E-state index contributed by atoms with van der Waals surface area (Å²) in [5.41, 5.74) is 1.68. The number of hydrogen-bond donors (Lipinski definition) is 2. The molecule has 2 rings (SSSR count). The van der Waals surface area contributed by atoms with Crippen molar-refractivity contribution in [3.05, 3.63) is 40.4 Å². The van der Waals surface area contributed by atoms with Gasteiger partial charge in [0.25, 0.3) is 0 Å². The third kappa shape index (κ3) is 3.20. The van der Waals surface area contributed by atoms with E-state index in [4.69, 9.17) is 0 Å². The van der Waals surface area contributed by atoms with Crippen molar-refractivity contribution in [1.29, 1.82) is 0 Å². The lowest BCUT2D eigenvalue weighted by atomic mass is 10.2. The van der Waals surface area contributed by atoms with E-state index in [-0.39, 0.29) is 5.82 Å². The Hall–Kier alpha value is -1.69. The van der Waals surface area contributed by atoms with Crippen LogP contribution < -0.4 is 10.6 Å². The average molecular weight is 325 g/mol. The van der Waals surface area contributed by atoms with Crippen molar-refractivity contribution in [2.75, 3.05) is 17.2 Å². The van der Waals surface area contributed by atoms with Crippen molar-refractivity contribution in [2.45, 2.75) is 13.8 Å². The molecule has 1 aromatic heterocycles. The second-order valence-electron chi connectivity index (χ2n) is 3.98. The molecular formula is C13H14BrFN4. The van der Waals surface area contributed by atoms with E-state index in [1.807, 2.05) is 13.8 Å². The highest BCUT2D eigenvalue weighted by Crippen LogP contribution is 2.25. The van der Waals surface area contributed by atoms with E-state index in [1.165, 1.54) is 12.4 Å². The summed E-state index contributed by atoms with van der Waals surface area (Å²) in [7, 11) is 0. The van der Waals surface area contributed by atoms with Gasteiger partial charge in [0.2, 0.25) is 0 Å². The summed E-state index contributed by atoms with van der Waals surface area (Å²) < 4.78 is 13.6. The van der Waals surface area contributed by atoms with Crippen LogP contribution >= 0.6 is 15.9 Å². The lowest BCUT2D eigenvalue weighted by Crippen LogP contribution is -2.05. The predicted molar refractivity (Wildman–Crippen MR) is 78.3 cm³/mol. The number of nitrogens with zero attached hydrogens (tertiary/aromatic N) is 2. The zero-order valence-electron chi connectivity index (χ0n) is 10.7. The molecule has 0 amide bonds. The molecule has 6 heteroatoms. The maximum atomic E-state index is 13.2. The molecule has 0 radical (unpaired) electrons. The Bertz CT molecular complexity index is 589. The van der Waals surface area contributed by atoms with Crippen molar-refractivity contribution in [3.63, 3.8) is 0 Å². The topological polar surface area (TPSA) is 49.8 Å². The minimum Gasteiger partial charge on any atom is -0.370 e. The molecule has 0 aliphatic rings. The summed E-state index contributed by atoms with van der Waals surface area (Å²) in [5.74, 6) is 1.20. The Morgan fingerprint density at radius 3 is 2.68 bits per heavy atom. The van der Waals surface area contributed by atoms with E-state index < -0.39 is 0 Å². The zero-order chi connectivity index (χ0) is 13.8. The van der Waals surface area contributed by atoms with Crippen LogP contribution in [-0.4, -0.2) is 16.5 Å².